The van der Waals surface area contributed by atoms with Gasteiger partial charge in [-0.1, -0.05) is 18.2 Å². The van der Waals surface area contributed by atoms with Crippen LogP contribution in [0.2, 0.25) is 0 Å². The van der Waals surface area contributed by atoms with Crippen molar-refractivity contribution < 1.29 is 27.8 Å². The molecule has 6 heteroatoms. The van der Waals surface area contributed by atoms with Crippen molar-refractivity contribution in [3.63, 3.8) is 0 Å². The molecule has 0 aliphatic carbocycles. The molecule has 0 heterocycles. The Labute approximate surface area is 110 Å². The summed E-state index contributed by atoms with van der Waals surface area (Å²) in [6.07, 6.45) is -7.13. The average molecular weight is 278 g/mol. The number of ether oxygens (including phenoxy) is 2. The Morgan fingerprint density at radius 1 is 1.11 bits per heavy atom. The lowest BCUT2D eigenvalue weighted by Gasteiger charge is -2.25. The molecule has 108 valence electrons. The molecule has 1 N–H and O–H groups in total. The van der Waals surface area contributed by atoms with Crippen molar-refractivity contribution in [2.24, 2.45) is 0 Å². The predicted octanol–water partition coefficient (Wildman–Crippen LogP) is 3.14. The van der Waals surface area contributed by atoms with Gasteiger partial charge in [0.25, 0.3) is 0 Å². The van der Waals surface area contributed by atoms with Crippen LogP contribution >= 0.6 is 0 Å². The first-order valence-electron chi connectivity index (χ1n) is 5.99. The SMILES string of the molecule is CCOC(OCC)C(O)c1ccccc1C(F)(F)F. The van der Waals surface area contributed by atoms with Crippen molar-refractivity contribution in [2.45, 2.75) is 32.4 Å². The second-order valence-electron chi connectivity index (χ2n) is 3.81. The van der Waals surface area contributed by atoms with Gasteiger partial charge in [-0.3, -0.25) is 0 Å². The first-order valence-corrected chi connectivity index (χ1v) is 5.99. The molecule has 1 aromatic rings. The summed E-state index contributed by atoms with van der Waals surface area (Å²) in [5, 5.41) is 10.0. The van der Waals surface area contributed by atoms with Crippen molar-refractivity contribution >= 4 is 0 Å². The highest BCUT2D eigenvalue weighted by Crippen LogP contribution is 2.35. The highest BCUT2D eigenvalue weighted by molar-refractivity contribution is 5.31. The number of aliphatic hydroxyl groups is 1. The molecule has 0 spiro atoms. The fraction of sp³-hybridized carbons (Fsp3) is 0.538. The Balaban J connectivity index is 3.06. The highest BCUT2D eigenvalue weighted by atomic mass is 19.4. The summed E-state index contributed by atoms with van der Waals surface area (Å²) in [5.74, 6) is 0. The molecule has 1 atom stereocenters. The van der Waals surface area contributed by atoms with Gasteiger partial charge in [-0.15, -0.1) is 0 Å². The van der Waals surface area contributed by atoms with Gasteiger partial charge in [0, 0.05) is 13.2 Å². The Bertz CT molecular complexity index is 387. The average Bonchev–Trinajstić information content (AvgIpc) is 2.37. The zero-order chi connectivity index (χ0) is 14.5. The van der Waals surface area contributed by atoms with Crippen molar-refractivity contribution in [1.29, 1.82) is 0 Å². The molecule has 1 unspecified atom stereocenters. The number of hydrogen-bond acceptors (Lipinski definition) is 3. The minimum absolute atomic E-state index is 0.232. The summed E-state index contributed by atoms with van der Waals surface area (Å²) in [7, 11) is 0. The molecule has 3 nitrogen and oxygen atoms in total. The minimum atomic E-state index is -4.53. The van der Waals surface area contributed by atoms with E-state index >= 15 is 0 Å². The summed E-state index contributed by atoms with van der Waals surface area (Å²) in [6.45, 7) is 3.81. The maximum Gasteiger partial charge on any atom is 0.416 e. The van der Waals surface area contributed by atoms with E-state index in [2.05, 4.69) is 0 Å². The van der Waals surface area contributed by atoms with Gasteiger partial charge < -0.3 is 14.6 Å². The Morgan fingerprint density at radius 3 is 2.11 bits per heavy atom. The van der Waals surface area contributed by atoms with Crippen LogP contribution in [0.4, 0.5) is 13.2 Å². The van der Waals surface area contributed by atoms with E-state index in [-0.39, 0.29) is 18.8 Å². The summed E-state index contributed by atoms with van der Waals surface area (Å²) in [5.41, 5.74) is -1.13. The topological polar surface area (TPSA) is 38.7 Å². The molecule has 1 aromatic carbocycles. The van der Waals surface area contributed by atoms with Gasteiger partial charge in [0.15, 0.2) is 6.29 Å². The summed E-state index contributed by atoms with van der Waals surface area (Å²) >= 11 is 0. The molecule has 1 rings (SSSR count). The van der Waals surface area contributed by atoms with E-state index in [1.807, 2.05) is 0 Å². The lowest BCUT2D eigenvalue weighted by atomic mass is 10.0. The first kappa shape index (κ1) is 15.9. The maximum absolute atomic E-state index is 12.9. The molecule has 0 aliphatic rings. The molecule has 0 bridgehead atoms. The smallest absolute Gasteiger partial charge is 0.383 e. The molecular formula is C13H17F3O3. The third-order valence-corrected chi connectivity index (χ3v) is 2.50. The second kappa shape index (κ2) is 6.88. The van der Waals surface area contributed by atoms with Crippen LogP contribution in [0.3, 0.4) is 0 Å². The third-order valence-electron chi connectivity index (χ3n) is 2.50. The molecule has 19 heavy (non-hydrogen) atoms. The Hall–Kier alpha value is -1.11. The van der Waals surface area contributed by atoms with Crippen LogP contribution in [0.25, 0.3) is 0 Å². The first-order chi connectivity index (χ1) is 8.91. The van der Waals surface area contributed by atoms with Crippen molar-refractivity contribution in [3.05, 3.63) is 35.4 Å². The molecule has 0 amide bonds. The number of alkyl halides is 3. The molecule has 0 fully saturated rings. The zero-order valence-corrected chi connectivity index (χ0v) is 10.8. The van der Waals surface area contributed by atoms with Crippen LogP contribution in [0.1, 0.15) is 31.1 Å². The quantitative estimate of drug-likeness (QED) is 0.812. The molecule has 0 aromatic heterocycles. The maximum atomic E-state index is 12.9. The van der Waals surface area contributed by atoms with Gasteiger partial charge in [0.2, 0.25) is 0 Å². The van der Waals surface area contributed by atoms with E-state index in [4.69, 9.17) is 9.47 Å². The monoisotopic (exact) mass is 278 g/mol. The number of aliphatic hydroxyl groups excluding tert-OH is 1. The van der Waals surface area contributed by atoms with Crippen LogP contribution < -0.4 is 0 Å². The fourth-order valence-corrected chi connectivity index (χ4v) is 1.72. The predicted molar refractivity (Wildman–Crippen MR) is 63.4 cm³/mol. The summed E-state index contributed by atoms with van der Waals surface area (Å²) < 4.78 is 48.8. The van der Waals surface area contributed by atoms with Crippen LogP contribution in [-0.4, -0.2) is 24.6 Å². The summed E-state index contributed by atoms with van der Waals surface area (Å²) in [4.78, 5) is 0. The molecule has 0 radical (unpaired) electrons. The molecule has 0 saturated heterocycles. The molecule has 0 saturated carbocycles. The third kappa shape index (κ3) is 4.19. The molecule has 0 aliphatic heterocycles. The van der Waals surface area contributed by atoms with E-state index in [1.165, 1.54) is 18.2 Å². The highest BCUT2D eigenvalue weighted by Gasteiger charge is 2.36. The van der Waals surface area contributed by atoms with Crippen molar-refractivity contribution in [1.82, 2.24) is 0 Å². The Kier molecular flexibility index (Phi) is 5.78. The normalized spacial score (nSPS) is 13.8. The van der Waals surface area contributed by atoms with Gasteiger partial charge in [-0.25, -0.2) is 0 Å². The zero-order valence-electron chi connectivity index (χ0n) is 10.8. The lowest BCUT2D eigenvalue weighted by molar-refractivity contribution is -0.194. The van der Waals surface area contributed by atoms with Gasteiger partial charge in [0.1, 0.15) is 6.10 Å². The Morgan fingerprint density at radius 2 is 1.63 bits per heavy atom. The number of rotatable bonds is 6. The lowest BCUT2D eigenvalue weighted by Crippen LogP contribution is -2.27. The van der Waals surface area contributed by atoms with Crippen molar-refractivity contribution in [3.8, 4) is 0 Å². The van der Waals surface area contributed by atoms with Gasteiger partial charge in [-0.05, 0) is 25.5 Å². The van der Waals surface area contributed by atoms with Crippen LogP contribution in [-0.2, 0) is 15.7 Å². The van der Waals surface area contributed by atoms with E-state index in [0.29, 0.717) is 0 Å². The summed E-state index contributed by atoms with van der Waals surface area (Å²) in [6, 6.07) is 4.85. The minimum Gasteiger partial charge on any atom is -0.383 e. The number of halogens is 3. The number of hydrogen-bond donors (Lipinski definition) is 1. The van der Waals surface area contributed by atoms with Gasteiger partial charge in [0.05, 0.1) is 5.56 Å². The van der Waals surface area contributed by atoms with Crippen LogP contribution in [0.15, 0.2) is 24.3 Å². The van der Waals surface area contributed by atoms with Crippen LogP contribution in [0, 0.1) is 0 Å². The fourth-order valence-electron chi connectivity index (χ4n) is 1.72. The van der Waals surface area contributed by atoms with E-state index in [0.717, 1.165) is 6.07 Å². The van der Waals surface area contributed by atoms with E-state index in [9.17, 15) is 18.3 Å². The largest absolute Gasteiger partial charge is 0.416 e. The second-order valence-corrected chi connectivity index (χ2v) is 3.81. The van der Waals surface area contributed by atoms with E-state index < -0.39 is 24.1 Å². The molecular weight excluding hydrogens is 261 g/mol. The van der Waals surface area contributed by atoms with Crippen LogP contribution in [0.5, 0.6) is 0 Å². The van der Waals surface area contributed by atoms with Gasteiger partial charge >= 0.3 is 6.18 Å². The standard InChI is InChI=1S/C13H17F3O3/c1-3-18-12(19-4-2)11(17)9-7-5-6-8-10(9)13(14,15)16/h5-8,11-12,17H,3-4H2,1-2H3. The van der Waals surface area contributed by atoms with Gasteiger partial charge in [-0.2, -0.15) is 13.2 Å². The number of benzene rings is 1. The van der Waals surface area contributed by atoms with E-state index in [1.54, 1.807) is 13.8 Å². The van der Waals surface area contributed by atoms with Crippen molar-refractivity contribution in [2.75, 3.05) is 13.2 Å².